The van der Waals surface area contributed by atoms with Crippen molar-refractivity contribution < 1.29 is 64.6 Å². The van der Waals surface area contributed by atoms with Crippen LogP contribution in [0.15, 0.2) is 48.6 Å². The summed E-state index contributed by atoms with van der Waals surface area (Å²) < 4.78 is 22.7. The van der Waals surface area contributed by atoms with Gasteiger partial charge in [-0.3, -0.25) is 4.79 Å². The van der Waals surface area contributed by atoms with Crippen LogP contribution in [0.1, 0.15) is 206 Å². The summed E-state index contributed by atoms with van der Waals surface area (Å²) in [6.07, 6.45) is 34.4. The molecule has 2 fully saturated rings. The molecule has 408 valence electrons. The lowest BCUT2D eigenvalue weighted by Crippen LogP contribution is -2.65. The van der Waals surface area contributed by atoms with E-state index in [-0.39, 0.29) is 18.9 Å². The summed E-state index contributed by atoms with van der Waals surface area (Å²) in [5.74, 6) is -0.253. The second-order valence-corrected chi connectivity index (χ2v) is 19.7. The smallest absolute Gasteiger partial charge is 0.220 e. The number of rotatable bonds is 43. The minimum atomic E-state index is -1.79. The normalized spacial score (nSPS) is 26.3. The molecule has 0 bridgehead atoms. The molecule has 2 rings (SSSR count). The summed E-state index contributed by atoms with van der Waals surface area (Å²) in [7, 11) is 0. The Labute approximate surface area is 423 Å². The van der Waals surface area contributed by atoms with Gasteiger partial charge in [-0.2, -0.15) is 0 Å². The molecule has 0 aromatic heterocycles. The van der Waals surface area contributed by atoms with Crippen molar-refractivity contribution in [3.8, 4) is 0 Å². The number of aliphatic hydroxyl groups excluding tert-OH is 8. The van der Waals surface area contributed by atoms with Crippen molar-refractivity contribution >= 4 is 5.91 Å². The van der Waals surface area contributed by atoms with Crippen LogP contribution in [-0.2, 0) is 23.7 Å². The van der Waals surface area contributed by atoms with Crippen LogP contribution in [0.4, 0.5) is 0 Å². The highest BCUT2D eigenvalue weighted by molar-refractivity contribution is 5.76. The van der Waals surface area contributed by atoms with Gasteiger partial charge in [-0.1, -0.05) is 184 Å². The molecule has 0 aliphatic carbocycles. The van der Waals surface area contributed by atoms with Crippen molar-refractivity contribution in [2.45, 2.75) is 280 Å². The number of carbonyl (C=O) groups excluding carboxylic acids is 1. The van der Waals surface area contributed by atoms with E-state index in [2.05, 4.69) is 55.6 Å². The molecule has 9 N–H and O–H groups in total. The van der Waals surface area contributed by atoms with Crippen molar-refractivity contribution in [1.29, 1.82) is 0 Å². The van der Waals surface area contributed by atoms with Crippen LogP contribution in [-0.4, -0.2) is 140 Å². The van der Waals surface area contributed by atoms with Gasteiger partial charge in [-0.15, -0.1) is 0 Å². The first-order valence-electron chi connectivity index (χ1n) is 27.9. The van der Waals surface area contributed by atoms with Crippen molar-refractivity contribution in [2.24, 2.45) is 0 Å². The molecular weight excluding hydrogens is 895 g/mol. The lowest BCUT2D eigenvalue weighted by molar-refractivity contribution is -0.359. The zero-order valence-corrected chi connectivity index (χ0v) is 43.5. The third kappa shape index (κ3) is 28.4. The highest BCUT2D eigenvalue weighted by atomic mass is 16.7. The summed E-state index contributed by atoms with van der Waals surface area (Å²) in [4.78, 5) is 13.2. The Morgan fingerprint density at radius 3 is 1.49 bits per heavy atom. The van der Waals surface area contributed by atoms with E-state index in [1.807, 2.05) is 6.08 Å². The first-order chi connectivity index (χ1) is 34.1. The van der Waals surface area contributed by atoms with Gasteiger partial charge in [0.1, 0.15) is 48.8 Å². The highest BCUT2D eigenvalue weighted by Gasteiger charge is 2.51. The first kappa shape index (κ1) is 64.1. The molecule has 2 aliphatic heterocycles. The number of hydrogen-bond donors (Lipinski definition) is 9. The Morgan fingerprint density at radius 2 is 0.957 bits per heavy atom. The molecule has 0 saturated carbocycles. The summed E-state index contributed by atoms with van der Waals surface area (Å²) in [5, 5.41) is 86.8. The fraction of sp³-hybridized carbons (Fsp3) is 0.839. The fourth-order valence-corrected chi connectivity index (χ4v) is 8.92. The van der Waals surface area contributed by atoms with Crippen molar-refractivity contribution in [3.05, 3.63) is 48.6 Å². The van der Waals surface area contributed by atoms with E-state index in [0.29, 0.717) is 12.8 Å². The number of carbonyl (C=O) groups is 1. The zero-order valence-electron chi connectivity index (χ0n) is 43.5. The summed E-state index contributed by atoms with van der Waals surface area (Å²) >= 11 is 0. The Hall–Kier alpha value is -2.05. The molecule has 2 heterocycles. The van der Waals surface area contributed by atoms with Crippen LogP contribution < -0.4 is 5.32 Å². The Kier molecular flexibility index (Phi) is 38.7. The highest BCUT2D eigenvalue weighted by Crippen LogP contribution is 2.30. The molecule has 2 saturated heterocycles. The number of ether oxygens (including phenoxy) is 4. The van der Waals surface area contributed by atoms with Gasteiger partial charge in [-0.05, 0) is 64.2 Å². The van der Waals surface area contributed by atoms with Gasteiger partial charge in [0.15, 0.2) is 12.6 Å². The van der Waals surface area contributed by atoms with E-state index < -0.39 is 86.8 Å². The van der Waals surface area contributed by atoms with Crippen LogP contribution in [0.2, 0.25) is 0 Å². The van der Waals surface area contributed by atoms with E-state index in [9.17, 15) is 45.6 Å². The van der Waals surface area contributed by atoms with Crippen LogP contribution in [0.3, 0.4) is 0 Å². The molecule has 0 spiro atoms. The molecule has 70 heavy (non-hydrogen) atoms. The SMILES string of the molecule is CCCCCCC/C=C\C/C=C\CCCCCCCCCCCCCC(=O)NC(COC1OC(CO)C(OC2OC(CO)C(O)C(O)C2O)C(O)C1O)C(O)/C=C/CC/C=C/CCCCCCCCC. The first-order valence-corrected chi connectivity index (χ1v) is 27.9. The molecule has 12 unspecified atom stereocenters. The van der Waals surface area contributed by atoms with E-state index in [1.165, 1.54) is 135 Å². The van der Waals surface area contributed by atoms with E-state index in [0.717, 1.165) is 38.5 Å². The predicted octanol–water partition coefficient (Wildman–Crippen LogP) is 8.44. The van der Waals surface area contributed by atoms with Crippen LogP contribution >= 0.6 is 0 Å². The minimum absolute atomic E-state index is 0.253. The summed E-state index contributed by atoms with van der Waals surface area (Å²) in [6.45, 7) is 2.74. The van der Waals surface area contributed by atoms with Gasteiger partial charge >= 0.3 is 0 Å². The number of aliphatic hydroxyl groups is 8. The molecule has 1 amide bonds. The van der Waals surface area contributed by atoms with Gasteiger partial charge in [0, 0.05) is 6.42 Å². The average Bonchev–Trinajstić information content (AvgIpc) is 3.36. The molecule has 12 atom stereocenters. The van der Waals surface area contributed by atoms with E-state index in [4.69, 9.17) is 18.9 Å². The third-order valence-corrected chi connectivity index (χ3v) is 13.5. The Bertz CT molecular complexity index is 1360. The molecule has 2 aliphatic rings. The fourth-order valence-electron chi connectivity index (χ4n) is 8.92. The minimum Gasteiger partial charge on any atom is -0.394 e. The maximum absolute atomic E-state index is 13.2. The van der Waals surface area contributed by atoms with Gasteiger partial charge in [0.05, 0.1) is 32.0 Å². The quantitative estimate of drug-likeness (QED) is 0.0207. The van der Waals surface area contributed by atoms with Crippen LogP contribution in [0.25, 0.3) is 0 Å². The van der Waals surface area contributed by atoms with Gasteiger partial charge < -0.3 is 65.1 Å². The van der Waals surface area contributed by atoms with Crippen molar-refractivity contribution in [1.82, 2.24) is 5.32 Å². The molecule has 14 nitrogen and oxygen atoms in total. The number of nitrogens with one attached hydrogen (secondary N) is 1. The maximum atomic E-state index is 13.2. The van der Waals surface area contributed by atoms with E-state index >= 15 is 0 Å². The molecule has 14 heteroatoms. The number of amides is 1. The number of unbranched alkanes of at least 4 members (excludes halogenated alkanes) is 24. The topological polar surface area (TPSA) is 228 Å². The number of allylic oxidation sites excluding steroid dienone is 7. The van der Waals surface area contributed by atoms with Gasteiger partial charge in [0.25, 0.3) is 0 Å². The molecule has 0 radical (unpaired) electrons. The second-order valence-electron chi connectivity index (χ2n) is 19.7. The lowest BCUT2D eigenvalue weighted by atomic mass is 9.97. The van der Waals surface area contributed by atoms with Crippen LogP contribution in [0, 0.1) is 0 Å². The summed E-state index contributed by atoms with van der Waals surface area (Å²) in [6, 6.07) is -0.932. The zero-order chi connectivity index (χ0) is 51.0. The largest absolute Gasteiger partial charge is 0.394 e. The van der Waals surface area contributed by atoms with Crippen LogP contribution in [0.5, 0.6) is 0 Å². The monoisotopic (exact) mass is 996 g/mol. The van der Waals surface area contributed by atoms with Crippen molar-refractivity contribution in [3.63, 3.8) is 0 Å². The van der Waals surface area contributed by atoms with E-state index in [1.54, 1.807) is 6.08 Å². The summed E-state index contributed by atoms with van der Waals surface area (Å²) in [5.41, 5.74) is 0. The third-order valence-electron chi connectivity index (χ3n) is 13.5. The lowest BCUT2D eigenvalue weighted by Gasteiger charge is -2.46. The molecular formula is C56H101NO13. The van der Waals surface area contributed by atoms with Gasteiger partial charge in [0.2, 0.25) is 5.91 Å². The van der Waals surface area contributed by atoms with Crippen molar-refractivity contribution in [2.75, 3.05) is 19.8 Å². The Morgan fingerprint density at radius 1 is 0.514 bits per heavy atom. The molecule has 0 aromatic carbocycles. The number of hydrogen-bond acceptors (Lipinski definition) is 13. The Balaban J connectivity index is 1.78. The maximum Gasteiger partial charge on any atom is 0.220 e. The average molecular weight is 996 g/mol. The molecule has 0 aromatic rings. The second kappa shape index (κ2) is 42.3. The van der Waals surface area contributed by atoms with Gasteiger partial charge in [-0.25, -0.2) is 0 Å². The standard InChI is InChI=1S/C56H101NO13/c1-3-5-7-9-11-13-15-17-18-19-20-21-22-23-24-25-26-28-30-32-34-36-38-40-48(61)57-44(45(60)39-37-35-33-31-29-27-16-14-12-10-8-6-4-2)43-67-55-53(66)51(64)54(47(42-59)69-55)70-56-52(65)50(63)49(62)46(41-58)68-56/h15,17,19-20,29,31,37,39,44-47,49-56,58-60,62-66H,3-14,16,18,21-28,30,32-36,38,40-43H2,1-2H3,(H,57,61)/b17-15-,20-19-,31-29+,39-37+. The predicted molar refractivity (Wildman–Crippen MR) is 277 cm³/mol.